The third kappa shape index (κ3) is 4.27. The lowest BCUT2D eigenvalue weighted by Gasteiger charge is -2.20. The van der Waals surface area contributed by atoms with E-state index in [-0.39, 0.29) is 6.54 Å². The lowest BCUT2D eigenvalue weighted by molar-refractivity contribution is -0.135. The largest absolute Gasteiger partial charge is 0.480 e. The molecule has 1 aromatic carbocycles. The van der Waals surface area contributed by atoms with Gasteiger partial charge in [0.15, 0.2) is 5.82 Å². The molecule has 6 heteroatoms. The third-order valence-electron chi connectivity index (χ3n) is 4.05. The Labute approximate surface area is 152 Å². The Morgan fingerprint density at radius 2 is 1.96 bits per heavy atom. The molecule has 0 saturated carbocycles. The quantitative estimate of drug-likeness (QED) is 0.694. The predicted octanol–water partition coefficient (Wildman–Crippen LogP) is 3.95. The first-order valence-corrected chi connectivity index (χ1v) is 8.45. The molecule has 0 bridgehead atoms. The maximum atomic E-state index is 11.3. The number of nitrogens with zero attached hydrogens (tertiary/aromatic N) is 3. The number of furan rings is 1. The maximum Gasteiger partial charge on any atom is 0.323 e. The molecular formula is C20H21N3O3. The van der Waals surface area contributed by atoms with Gasteiger partial charge >= 0.3 is 5.97 Å². The number of aromatic nitrogens is 2. The van der Waals surface area contributed by atoms with E-state index in [2.05, 4.69) is 35.9 Å². The fourth-order valence-electron chi connectivity index (χ4n) is 2.65. The molecule has 26 heavy (non-hydrogen) atoms. The minimum atomic E-state index is -0.932. The predicted molar refractivity (Wildman–Crippen MR) is 99.0 cm³/mol. The Morgan fingerprint density at radius 1 is 1.19 bits per heavy atom. The Kier molecular flexibility index (Phi) is 5.31. The van der Waals surface area contributed by atoms with Crippen molar-refractivity contribution in [1.82, 2.24) is 9.97 Å². The molecule has 0 amide bonds. The summed E-state index contributed by atoms with van der Waals surface area (Å²) in [6, 6.07) is 13.4. The molecular weight excluding hydrogens is 330 g/mol. The number of carboxylic acids is 1. The zero-order valence-electron chi connectivity index (χ0n) is 14.8. The highest BCUT2D eigenvalue weighted by Crippen LogP contribution is 2.22. The van der Waals surface area contributed by atoms with Crippen LogP contribution in [0.2, 0.25) is 0 Å². The summed E-state index contributed by atoms with van der Waals surface area (Å²) in [5.41, 5.74) is 2.14. The van der Waals surface area contributed by atoms with Crippen molar-refractivity contribution in [3.63, 3.8) is 0 Å². The van der Waals surface area contributed by atoms with Gasteiger partial charge in [0.05, 0.1) is 12.8 Å². The Hall–Kier alpha value is -3.15. The number of anilines is 1. The molecule has 0 saturated heterocycles. The van der Waals surface area contributed by atoms with Gasteiger partial charge in [0.25, 0.3) is 0 Å². The second kappa shape index (κ2) is 7.82. The van der Waals surface area contributed by atoms with Crippen molar-refractivity contribution in [2.75, 3.05) is 11.4 Å². The SMILES string of the molecule is CC(C)c1ccc(-c2nccc(N(CC(=O)O)Cc3ccco3)n2)cc1. The molecule has 134 valence electrons. The van der Waals surface area contributed by atoms with E-state index in [9.17, 15) is 9.90 Å². The van der Waals surface area contributed by atoms with E-state index in [0.29, 0.717) is 29.9 Å². The molecule has 2 heterocycles. The topological polar surface area (TPSA) is 79.5 Å². The van der Waals surface area contributed by atoms with Crippen molar-refractivity contribution in [3.8, 4) is 11.4 Å². The summed E-state index contributed by atoms with van der Waals surface area (Å²) < 4.78 is 5.34. The van der Waals surface area contributed by atoms with Crippen LogP contribution in [0.1, 0.15) is 31.1 Å². The highest BCUT2D eigenvalue weighted by molar-refractivity contribution is 5.73. The fraction of sp³-hybridized carbons (Fsp3) is 0.250. The standard InChI is InChI=1S/C20H21N3O3/c1-14(2)15-5-7-16(8-6-15)20-21-10-9-18(22-20)23(13-19(24)25)12-17-4-3-11-26-17/h3-11,14H,12-13H2,1-2H3,(H,24,25). The van der Waals surface area contributed by atoms with E-state index in [1.54, 1.807) is 29.5 Å². The maximum absolute atomic E-state index is 11.3. The molecule has 3 rings (SSSR count). The van der Waals surface area contributed by atoms with Crippen LogP contribution < -0.4 is 4.90 Å². The Balaban J connectivity index is 1.88. The first-order chi connectivity index (χ1) is 12.5. The van der Waals surface area contributed by atoms with Gasteiger partial charge in [0.2, 0.25) is 0 Å². The number of carbonyl (C=O) groups is 1. The zero-order valence-corrected chi connectivity index (χ0v) is 14.8. The Morgan fingerprint density at radius 3 is 2.58 bits per heavy atom. The molecule has 6 nitrogen and oxygen atoms in total. The number of carboxylic acid groups (broad SMARTS) is 1. The van der Waals surface area contributed by atoms with Crippen LogP contribution in [-0.4, -0.2) is 27.6 Å². The van der Waals surface area contributed by atoms with Crippen LogP contribution in [0.15, 0.2) is 59.3 Å². The van der Waals surface area contributed by atoms with Crippen LogP contribution in [0.3, 0.4) is 0 Å². The summed E-state index contributed by atoms with van der Waals surface area (Å²) in [4.78, 5) is 21.8. The zero-order chi connectivity index (χ0) is 18.5. The molecule has 0 unspecified atom stereocenters. The normalized spacial score (nSPS) is 10.9. The van der Waals surface area contributed by atoms with Crippen molar-refractivity contribution in [2.45, 2.75) is 26.3 Å². The summed E-state index contributed by atoms with van der Waals surface area (Å²) in [7, 11) is 0. The van der Waals surface area contributed by atoms with Crippen molar-refractivity contribution < 1.29 is 14.3 Å². The van der Waals surface area contributed by atoms with Crippen LogP contribution in [-0.2, 0) is 11.3 Å². The van der Waals surface area contributed by atoms with E-state index in [1.165, 1.54) is 5.56 Å². The van der Waals surface area contributed by atoms with Gasteiger partial charge in [-0.05, 0) is 29.7 Å². The van der Waals surface area contributed by atoms with E-state index < -0.39 is 5.97 Å². The summed E-state index contributed by atoms with van der Waals surface area (Å²) in [6.45, 7) is 4.43. The van der Waals surface area contributed by atoms with Gasteiger partial charge in [-0.25, -0.2) is 9.97 Å². The number of hydrogen-bond donors (Lipinski definition) is 1. The molecule has 0 aliphatic rings. The summed E-state index contributed by atoms with van der Waals surface area (Å²) in [6.07, 6.45) is 3.21. The van der Waals surface area contributed by atoms with Gasteiger partial charge in [-0.2, -0.15) is 0 Å². The van der Waals surface area contributed by atoms with Gasteiger partial charge in [0, 0.05) is 11.8 Å². The minimum Gasteiger partial charge on any atom is -0.480 e. The number of rotatable bonds is 7. The second-order valence-electron chi connectivity index (χ2n) is 6.34. The van der Waals surface area contributed by atoms with Crippen molar-refractivity contribution in [3.05, 3.63) is 66.2 Å². The minimum absolute atomic E-state index is 0.177. The molecule has 0 fully saturated rings. The molecule has 1 N–H and O–H groups in total. The van der Waals surface area contributed by atoms with Crippen molar-refractivity contribution >= 4 is 11.8 Å². The van der Waals surface area contributed by atoms with Gasteiger partial charge in [0.1, 0.15) is 18.1 Å². The van der Waals surface area contributed by atoms with Gasteiger partial charge in [-0.3, -0.25) is 4.79 Å². The highest BCUT2D eigenvalue weighted by Gasteiger charge is 2.15. The fourth-order valence-corrected chi connectivity index (χ4v) is 2.65. The lowest BCUT2D eigenvalue weighted by atomic mass is 10.0. The number of hydrogen-bond acceptors (Lipinski definition) is 5. The molecule has 0 atom stereocenters. The van der Waals surface area contributed by atoms with E-state index in [4.69, 9.17) is 4.42 Å². The van der Waals surface area contributed by atoms with Crippen LogP contribution in [0, 0.1) is 0 Å². The molecule has 0 spiro atoms. The van der Waals surface area contributed by atoms with E-state index >= 15 is 0 Å². The number of aliphatic carboxylic acids is 1. The smallest absolute Gasteiger partial charge is 0.323 e. The first kappa shape index (κ1) is 17.7. The number of benzene rings is 1. The van der Waals surface area contributed by atoms with Gasteiger partial charge in [-0.15, -0.1) is 0 Å². The second-order valence-corrected chi connectivity index (χ2v) is 6.34. The summed E-state index contributed by atoms with van der Waals surface area (Å²) in [5.74, 6) is 1.30. The first-order valence-electron chi connectivity index (χ1n) is 8.45. The van der Waals surface area contributed by atoms with E-state index in [0.717, 1.165) is 5.56 Å². The summed E-state index contributed by atoms with van der Waals surface area (Å²) >= 11 is 0. The van der Waals surface area contributed by atoms with Gasteiger partial charge < -0.3 is 14.4 Å². The van der Waals surface area contributed by atoms with Crippen LogP contribution in [0.25, 0.3) is 11.4 Å². The van der Waals surface area contributed by atoms with Crippen molar-refractivity contribution in [1.29, 1.82) is 0 Å². The molecule has 2 aromatic heterocycles. The lowest BCUT2D eigenvalue weighted by Crippen LogP contribution is -2.29. The van der Waals surface area contributed by atoms with Crippen LogP contribution >= 0.6 is 0 Å². The highest BCUT2D eigenvalue weighted by atomic mass is 16.4. The third-order valence-corrected chi connectivity index (χ3v) is 4.05. The molecule has 0 radical (unpaired) electrons. The Bertz CT molecular complexity index is 858. The molecule has 3 aromatic rings. The summed E-state index contributed by atoms with van der Waals surface area (Å²) in [5, 5.41) is 9.23. The monoisotopic (exact) mass is 351 g/mol. The van der Waals surface area contributed by atoms with Gasteiger partial charge in [-0.1, -0.05) is 38.1 Å². The average Bonchev–Trinajstić information content (AvgIpc) is 3.14. The molecule has 0 aliphatic carbocycles. The molecule has 0 aliphatic heterocycles. The van der Waals surface area contributed by atoms with Crippen LogP contribution in [0.5, 0.6) is 0 Å². The van der Waals surface area contributed by atoms with E-state index in [1.807, 2.05) is 18.2 Å². The van der Waals surface area contributed by atoms with Crippen LogP contribution in [0.4, 0.5) is 5.82 Å². The average molecular weight is 351 g/mol. The van der Waals surface area contributed by atoms with Crippen molar-refractivity contribution in [2.24, 2.45) is 0 Å².